The van der Waals surface area contributed by atoms with Gasteiger partial charge in [-0.15, -0.1) is 0 Å². The van der Waals surface area contributed by atoms with Crippen LogP contribution < -0.4 is 5.32 Å². The number of aryl methyl sites for hydroxylation is 1. The van der Waals surface area contributed by atoms with Crippen LogP contribution in [0.15, 0.2) is 61.1 Å². The number of hydrogen-bond donors (Lipinski definition) is 1. The fourth-order valence-corrected chi connectivity index (χ4v) is 3.65. The van der Waals surface area contributed by atoms with Gasteiger partial charge in [-0.2, -0.15) is 23.3 Å². The molecule has 5 rings (SSSR count). The molecule has 0 saturated heterocycles. The third-order valence-corrected chi connectivity index (χ3v) is 5.10. The topological polar surface area (TPSA) is 104 Å². The molecular formula is C21H14F3N7O2. The predicted octanol–water partition coefficient (Wildman–Crippen LogP) is 4.98. The molecule has 0 radical (unpaired) electrons. The zero-order valence-corrected chi connectivity index (χ0v) is 16.9. The molecule has 0 aliphatic heterocycles. The summed E-state index contributed by atoms with van der Waals surface area (Å²) in [5, 5.41) is 19.3. The van der Waals surface area contributed by atoms with E-state index in [4.69, 9.17) is 0 Å². The van der Waals surface area contributed by atoms with Crippen LogP contribution in [0.4, 0.5) is 30.5 Å². The number of non-ortho nitro benzene ring substituents is 1. The molecule has 3 aromatic heterocycles. The van der Waals surface area contributed by atoms with Crippen LogP contribution in [0.25, 0.3) is 27.6 Å². The molecule has 0 spiro atoms. The number of nitrogens with zero attached hydrogens (tertiary/aromatic N) is 6. The summed E-state index contributed by atoms with van der Waals surface area (Å²) in [7, 11) is 1.74. The van der Waals surface area contributed by atoms with Gasteiger partial charge in [-0.05, 0) is 18.2 Å². The molecule has 33 heavy (non-hydrogen) atoms. The van der Waals surface area contributed by atoms with E-state index >= 15 is 0 Å². The Hall–Kier alpha value is -4.48. The second-order valence-corrected chi connectivity index (χ2v) is 7.30. The van der Waals surface area contributed by atoms with Crippen molar-refractivity contribution in [3.8, 4) is 5.69 Å². The Kier molecular flexibility index (Phi) is 4.51. The summed E-state index contributed by atoms with van der Waals surface area (Å²) >= 11 is 0. The van der Waals surface area contributed by atoms with Crippen molar-refractivity contribution in [3.05, 3.63) is 76.7 Å². The molecule has 0 aliphatic rings. The van der Waals surface area contributed by atoms with Gasteiger partial charge in [-0.1, -0.05) is 12.1 Å². The van der Waals surface area contributed by atoms with Crippen molar-refractivity contribution in [2.75, 3.05) is 5.32 Å². The molecule has 166 valence electrons. The summed E-state index contributed by atoms with van der Waals surface area (Å²) < 4.78 is 43.4. The standard InChI is InChI=1S/C21H14F3N7O2/c1-29-11-13(9-26-29)27-20-25-10-17-16-6-5-12(21(22,23)24)7-18(16)30(19(17)28-20)14-3-2-4-15(8-14)31(32)33/h2-11H,1H3,(H,25,27,28). The van der Waals surface area contributed by atoms with Gasteiger partial charge in [0.25, 0.3) is 5.69 Å². The SMILES string of the molecule is Cn1cc(Nc2ncc3c4ccc(C(F)(F)F)cc4n(-c4cccc([N+](=O)[O-])c4)c3n2)cn1. The van der Waals surface area contributed by atoms with Crippen molar-refractivity contribution in [2.45, 2.75) is 6.18 Å². The molecular weight excluding hydrogens is 439 g/mol. The maximum atomic E-state index is 13.4. The fraction of sp³-hybridized carbons (Fsp3) is 0.0952. The number of nitro benzene ring substituents is 1. The molecule has 1 N–H and O–H groups in total. The molecule has 12 heteroatoms. The Morgan fingerprint density at radius 3 is 2.61 bits per heavy atom. The van der Waals surface area contributed by atoms with E-state index in [1.807, 2.05) is 0 Å². The zero-order valence-electron chi connectivity index (χ0n) is 16.9. The number of nitro groups is 1. The molecule has 3 heterocycles. The zero-order chi connectivity index (χ0) is 23.3. The smallest absolute Gasteiger partial charge is 0.321 e. The van der Waals surface area contributed by atoms with Crippen LogP contribution >= 0.6 is 0 Å². The first-order valence-electron chi connectivity index (χ1n) is 9.59. The first-order valence-corrected chi connectivity index (χ1v) is 9.59. The van der Waals surface area contributed by atoms with Gasteiger partial charge in [0.1, 0.15) is 0 Å². The Labute approximate surface area is 183 Å². The Bertz CT molecular complexity index is 1540. The second kappa shape index (κ2) is 7.29. The minimum absolute atomic E-state index is 0.195. The third kappa shape index (κ3) is 3.60. The lowest BCUT2D eigenvalue weighted by Crippen LogP contribution is -2.05. The Morgan fingerprint density at radius 1 is 1.09 bits per heavy atom. The second-order valence-electron chi connectivity index (χ2n) is 7.30. The van der Waals surface area contributed by atoms with E-state index in [9.17, 15) is 23.3 Å². The van der Waals surface area contributed by atoms with Crippen LogP contribution in [-0.2, 0) is 13.2 Å². The third-order valence-electron chi connectivity index (χ3n) is 5.10. The van der Waals surface area contributed by atoms with E-state index in [-0.39, 0.29) is 17.2 Å². The molecule has 0 atom stereocenters. The highest BCUT2D eigenvalue weighted by molar-refractivity contribution is 6.08. The molecule has 0 saturated carbocycles. The summed E-state index contributed by atoms with van der Waals surface area (Å²) in [6.07, 6.45) is 0.222. The number of anilines is 2. The van der Waals surface area contributed by atoms with Gasteiger partial charge >= 0.3 is 6.18 Å². The van der Waals surface area contributed by atoms with Crippen molar-refractivity contribution in [2.24, 2.45) is 7.05 Å². The highest BCUT2D eigenvalue weighted by Crippen LogP contribution is 2.37. The number of nitrogens with one attached hydrogen (secondary N) is 1. The molecule has 5 aromatic rings. The van der Waals surface area contributed by atoms with Crippen LogP contribution in [0.1, 0.15) is 5.56 Å². The minimum Gasteiger partial charge on any atom is -0.321 e. The monoisotopic (exact) mass is 453 g/mol. The fourth-order valence-electron chi connectivity index (χ4n) is 3.65. The maximum Gasteiger partial charge on any atom is 0.416 e. The van der Waals surface area contributed by atoms with Crippen molar-refractivity contribution >= 4 is 39.3 Å². The highest BCUT2D eigenvalue weighted by atomic mass is 19.4. The number of rotatable bonds is 4. The lowest BCUT2D eigenvalue weighted by Gasteiger charge is -2.10. The van der Waals surface area contributed by atoms with Crippen molar-refractivity contribution < 1.29 is 18.1 Å². The largest absolute Gasteiger partial charge is 0.416 e. The van der Waals surface area contributed by atoms with E-state index in [0.717, 1.165) is 12.1 Å². The number of aromatic nitrogens is 5. The van der Waals surface area contributed by atoms with E-state index in [2.05, 4.69) is 20.4 Å². The Balaban J connectivity index is 1.79. The summed E-state index contributed by atoms with van der Waals surface area (Å²) in [6, 6.07) is 8.98. The minimum atomic E-state index is -4.56. The van der Waals surface area contributed by atoms with Crippen molar-refractivity contribution in [1.82, 2.24) is 24.3 Å². The van der Waals surface area contributed by atoms with Crippen LogP contribution in [0.5, 0.6) is 0 Å². The summed E-state index contributed by atoms with van der Waals surface area (Å²) in [4.78, 5) is 19.5. The van der Waals surface area contributed by atoms with Gasteiger partial charge in [0.15, 0.2) is 5.65 Å². The molecule has 0 fully saturated rings. The molecule has 0 bridgehead atoms. The first kappa shape index (κ1) is 20.4. The molecule has 0 unspecified atom stereocenters. The first-order chi connectivity index (χ1) is 15.7. The molecule has 2 aromatic carbocycles. The number of alkyl halides is 3. The molecule has 0 aliphatic carbocycles. The van der Waals surface area contributed by atoms with Gasteiger partial charge in [0, 0.05) is 42.3 Å². The van der Waals surface area contributed by atoms with Crippen LogP contribution in [0.3, 0.4) is 0 Å². The Morgan fingerprint density at radius 2 is 1.91 bits per heavy atom. The van der Waals surface area contributed by atoms with Gasteiger partial charge in [0.05, 0.1) is 33.6 Å². The van der Waals surface area contributed by atoms with E-state index in [1.165, 1.54) is 35.0 Å². The maximum absolute atomic E-state index is 13.4. The normalized spacial score (nSPS) is 11.9. The lowest BCUT2D eigenvalue weighted by atomic mass is 10.1. The van der Waals surface area contributed by atoms with Gasteiger partial charge in [-0.3, -0.25) is 19.4 Å². The highest BCUT2D eigenvalue weighted by Gasteiger charge is 2.31. The van der Waals surface area contributed by atoms with Gasteiger partial charge in [-0.25, -0.2) is 4.98 Å². The molecule has 9 nitrogen and oxygen atoms in total. The average molecular weight is 453 g/mol. The van der Waals surface area contributed by atoms with Crippen molar-refractivity contribution in [3.63, 3.8) is 0 Å². The summed E-state index contributed by atoms with van der Waals surface area (Å²) in [5.74, 6) is 0.195. The van der Waals surface area contributed by atoms with Gasteiger partial charge < -0.3 is 5.32 Å². The van der Waals surface area contributed by atoms with Gasteiger partial charge in [0.2, 0.25) is 5.95 Å². The average Bonchev–Trinajstić information content (AvgIpc) is 3.32. The number of hydrogen-bond acceptors (Lipinski definition) is 6. The molecule has 0 amide bonds. The van der Waals surface area contributed by atoms with Crippen LogP contribution in [-0.4, -0.2) is 29.2 Å². The van der Waals surface area contributed by atoms with Crippen LogP contribution in [0.2, 0.25) is 0 Å². The number of benzene rings is 2. The van der Waals surface area contributed by atoms with E-state index < -0.39 is 16.7 Å². The number of fused-ring (bicyclic) bond motifs is 3. The number of halogens is 3. The lowest BCUT2D eigenvalue weighted by molar-refractivity contribution is -0.384. The van der Waals surface area contributed by atoms with Crippen molar-refractivity contribution in [1.29, 1.82) is 0 Å². The van der Waals surface area contributed by atoms with E-state index in [0.29, 0.717) is 27.8 Å². The summed E-state index contributed by atoms with van der Waals surface area (Å²) in [5.41, 5.74) is 0.381. The quantitative estimate of drug-likeness (QED) is 0.304. The summed E-state index contributed by atoms with van der Waals surface area (Å²) in [6.45, 7) is 0. The van der Waals surface area contributed by atoms with E-state index in [1.54, 1.807) is 30.2 Å². The predicted molar refractivity (Wildman–Crippen MR) is 115 cm³/mol. The van der Waals surface area contributed by atoms with Crippen LogP contribution in [0, 0.1) is 10.1 Å².